The maximum atomic E-state index is 12.1. The van der Waals surface area contributed by atoms with E-state index in [-0.39, 0.29) is 11.9 Å². The molecule has 0 radical (unpaired) electrons. The Morgan fingerprint density at radius 2 is 1.96 bits per heavy atom. The fourth-order valence-corrected chi connectivity index (χ4v) is 4.69. The fourth-order valence-electron chi connectivity index (χ4n) is 2.97. The van der Waals surface area contributed by atoms with Crippen LogP contribution in [0.2, 0.25) is 0 Å². The molecule has 1 fully saturated rings. The van der Waals surface area contributed by atoms with Crippen LogP contribution < -0.4 is 5.32 Å². The summed E-state index contributed by atoms with van der Waals surface area (Å²) in [6, 6.07) is 7.28. The highest BCUT2D eigenvalue weighted by atomic mass is 32.2. The zero-order chi connectivity index (χ0) is 18.4. The lowest BCUT2D eigenvalue weighted by atomic mass is 10.0. The van der Waals surface area contributed by atoms with Crippen LogP contribution in [0.1, 0.15) is 48.0 Å². The molecule has 2 aromatic rings. The lowest BCUT2D eigenvalue weighted by Gasteiger charge is -2.06. The van der Waals surface area contributed by atoms with Gasteiger partial charge in [-0.25, -0.2) is 4.79 Å². The number of methoxy groups -OCH3 is 1. The summed E-state index contributed by atoms with van der Waals surface area (Å²) in [5.41, 5.74) is 1.61. The van der Waals surface area contributed by atoms with Gasteiger partial charge in [-0.15, -0.1) is 10.2 Å². The van der Waals surface area contributed by atoms with Crippen LogP contribution in [0.5, 0.6) is 0 Å². The molecule has 138 valence electrons. The van der Waals surface area contributed by atoms with Crippen LogP contribution in [0.3, 0.4) is 0 Å². The normalized spacial score (nSPS) is 14.3. The molecule has 3 rings (SSSR count). The van der Waals surface area contributed by atoms with Crippen LogP contribution in [-0.2, 0) is 15.3 Å². The number of nitrogens with one attached hydrogen (secondary N) is 1. The van der Waals surface area contributed by atoms with E-state index in [1.807, 2.05) is 12.1 Å². The monoisotopic (exact) mass is 391 g/mol. The quantitative estimate of drug-likeness (QED) is 0.434. The van der Waals surface area contributed by atoms with Gasteiger partial charge < -0.3 is 10.1 Å². The van der Waals surface area contributed by atoms with Gasteiger partial charge >= 0.3 is 5.97 Å². The summed E-state index contributed by atoms with van der Waals surface area (Å²) in [4.78, 5) is 23.5. The van der Waals surface area contributed by atoms with Gasteiger partial charge in [0.25, 0.3) is 0 Å². The molecule has 1 aliphatic rings. The second-order valence-corrected chi connectivity index (χ2v) is 8.45. The maximum absolute atomic E-state index is 12.1. The lowest BCUT2D eigenvalue weighted by molar-refractivity contribution is -0.117. The number of anilines is 1. The Morgan fingerprint density at radius 3 is 2.65 bits per heavy atom. The summed E-state index contributed by atoms with van der Waals surface area (Å²) in [6.45, 7) is 0. The SMILES string of the molecule is COC(=O)c1ccc(CSc2nnc(NC(=O)CC3CCCC3)s2)cc1. The van der Waals surface area contributed by atoms with Gasteiger partial charge in [0.15, 0.2) is 4.34 Å². The summed E-state index contributed by atoms with van der Waals surface area (Å²) in [6.07, 6.45) is 5.35. The zero-order valence-electron chi connectivity index (χ0n) is 14.6. The molecule has 1 saturated carbocycles. The highest BCUT2D eigenvalue weighted by molar-refractivity contribution is 8.00. The van der Waals surface area contributed by atoms with E-state index in [0.29, 0.717) is 28.8 Å². The third-order valence-electron chi connectivity index (χ3n) is 4.34. The topological polar surface area (TPSA) is 81.2 Å². The van der Waals surface area contributed by atoms with Gasteiger partial charge in [0.1, 0.15) is 0 Å². The number of nitrogens with zero attached hydrogens (tertiary/aromatic N) is 2. The highest BCUT2D eigenvalue weighted by Crippen LogP contribution is 2.30. The van der Waals surface area contributed by atoms with Crippen molar-refractivity contribution in [3.05, 3.63) is 35.4 Å². The number of carbonyl (C=O) groups excluding carboxylic acids is 2. The summed E-state index contributed by atoms with van der Waals surface area (Å²) < 4.78 is 5.49. The van der Waals surface area contributed by atoms with Crippen LogP contribution in [-0.4, -0.2) is 29.2 Å². The van der Waals surface area contributed by atoms with Crippen molar-refractivity contribution < 1.29 is 14.3 Å². The molecule has 0 unspecified atom stereocenters. The minimum atomic E-state index is -0.341. The second kappa shape index (κ2) is 9.14. The van der Waals surface area contributed by atoms with Gasteiger partial charge in [-0.1, -0.05) is 48.1 Å². The van der Waals surface area contributed by atoms with Gasteiger partial charge in [0.2, 0.25) is 11.0 Å². The van der Waals surface area contributed by atoms with Gasteiger partial charge in [0.05, 0.1) is 12.7 Å². The van der Waals surface area contributed by atoms with Crippen LogP contribution in [0.4, 0.5) is 5.13 Å². The van der Waals surface area contributed by atoms with Crippen molar-refractivity contribution in [2.45, 2.75) is 42.2 Å². The maximum Gasteiger partial charge on any atom is 0.337 e. The summed E-state index contributed by atoms with van der Waals surface area (Å²) in [7, 11) is 1.37. The van der Waals surface area contributed by atoms with E-state index in [2.05, 4.69) is 20.3 Å². The molecule has 1 aromatic carbocycles. The molecule has 0 bridgehead atoms. The van der Waals surface area contributed by atoms with E-state index in [1.165, 1.54) is 31.3 Å². The van der Waals surface area contributed by atoms with E-state index >= 15 is 0 Å². The molecule has 0 spiro atoms. The third-order valence-corrected chi connectivity index (χ3v) is 6.38. The van der Waals surface area contributed by atoms with Crippen molar-refractivity contribution in [3.8, 4) is 0 Å². The van der Waals surface area contributed by atoms with Crippen molar-refractivity contribution in [2.24, 2.45) is 5.92 Å². The number of hydrogen-bond acceptors (Lipinski definition) is 7. The van der Waals surface area contributed by atoms with Crippen LogP contribution >= 0.6 is 23.1 Å². The van der Waals surface area contributed by atoms with Crippen LogP contribution in [0.25, 0.3) is 0 Å². The van der Waals surface area contributed by atoms with E-state index in [1.54, 1.807) is 23.9 Å². The Bertz CT molecular complexity index is 755. The summed E-state index contributed by atoms with van der Waals surface area (Å²) in [5.74, 6) is 0.922. The molecule has 1 amide bonds. The molecular formula is C18H21N3O3S2. The van der Waals surface area contributed by atoms with E-state index in [4.69, 9.17) is 0 Å². The van der Waals surface area contributed by atoms with Crippen LogP contribution in [0.15, 0.2) is 28.6 Å². The first kappa shape index (κ1) is 18.8. The van der Waals surface area contributed by atoms with Gasteiger partial charge in [-0.2, -0.15) is 0 Å². The molecule has 1 N–H and O–H groups in total. The second-order valence-electron chi connectivity index (χ2n) is 6.25. The minimum absolute atomic E-state index is 0.0306. The summed E-state index contributed by atoms with van der Waals surface area (Å²) in [5, 5.41) is 11.6. The predicted molar refractivity (Wildman–Crippen MR) is 102 cm³/mol. The van der Waals surface area contributed by atoms with E-state index in [0.717, 1.165) is 22.7 Å². The Morgan fingerprint density at radius 1 is 1.23 bits per heavy atom. The first-order valence-corrected chi connectivity index (χ1v) is 10.4. The number of hydrogen-bond donors (Lipinski definition) is 1. The van der Waals surface area contributed by atoms with Crippen molar-refractivity contribution in [1.82, 2.24) is 10.2 Å². The molecule has 0 saturated heterocycles. The minimum Gasteiger partial charge on any atom is -0.465 e. The van der Waals surface area contributed by atoms with Crippen molar-refractivity contribution in [1.29, 1.82) is 0 Å². The Labute approximate surface area is 160 Å². The van der Waals surface area contributed by atoms with Crippen molar-refractivity contribution in [2.75, 3.05) is 12.4 Å². The standard InChI is InChI=1S/C18H21N3O3S2/c1-24-16(23)14-8-6-13(7-9-14)11-25-18-21-20-17(26-18)19-15(22)10-12-4-2-3-5-12/h6-9,12H,2-5,10-11H2,1H3,(H,19,20,22). The molecule has 1 heterocycles. The van der Waals surface area contributed by atoms with Crippen molar-refractivity contribution >= 4 is 40.1 Å². The first-order valence-electron chi connectivity index (χ1n) is 8.57. The highest BCUT2D eigenvalue weighted by Gasteiger charge is 2.19. The number of ether oxygens (including phenoxy) is 1. The van der Waals surface area contributed by atoms with E-state index < -0.39 is 0 Å². The number of rotatable bonds is 7. The molecule has 0 aliphatic heterocycles. The Balaban J connectivity index is 1.47. The smallest absolute Gasteiger partial charge is 0.337 e. The third kappa shape index (κ3) is 5.28. The number of amides is 1. The fraction of sp³-hybridized carbons (Fsp3) is 0.444. The van der Waals surface area contributed by atoms with Gasteiger partial charge in [-0.3, -0.25) is 4.79 Å². The number of thioether (sulfide) groups is 1. The average molecular weight is 392 g/mol. The molecule has 1 aliphatic carbocycles. The summed E-state index contributed by atoms with van der Waals surface area (Å²) >= 11 is 2.94. The molecular weight excluding hydrogens is 370 g/mol. The number of aromatic nitrogens is 2. The number of carbonyl (C=O) groups is 2. The zero-order valence-corrected chi connectivity index (χ0v) is 16.2. The Hall–Kier alpha value is -1.93. The average Bonchev–Trinajstić information content (AvgIpc) is 3.31. The molecule has 0 atom stereocenters. The molecule has 26 heavy (non-hydrogen) atoms. The van der Waals surface area contributed by atoms with Gasteiger partial charge in [0, 0.05) is 12.2 Å². The van der Waals surface area contributed by atoms with Gasteiger partial charge in [-0.05, 0) is 36.5 Å². The van der Waals surface area contributed by atoms with E-state index in [9.17, 15) is 9.59 Å². The first-order chi connectivity index (χ1) is 12.6. The number of esters is 1. The molecule has 6 nitrogen and oxygen atoms in total. The largest absolute Gasteiger partial charge is 0.465 e. The molecule has 1 aromatic heterocycles. The van der Waals surface area contributed by atoms with Crippen LogP contribution in [0, 0.1) is 5.92 Å². The Kier molecular flexibility index (Phi) is 6.62. The predicted octanol–water partition coefficient (Wildman–Crippen LogP) is 4.14. The molecule has 8 heteroatoms. The van der Waals surface area contributed by atoms with Crippen molar-refractivity contribution in [3.63, 3.8) is 0 Å². The number of benzene rings is 1. The lowest BCUT2D eigenvalue weighted by Crippen LogP contribution is -2.14.